The van der Waals surface area contributed by atoms with Crippen molar-refractivity contribution < 1.29 is 8.42 Å². The van der Waals surface area contributed by atoms with Gasteiger partial charge in [0.2, 0.25) is 0 Å². The highest BCUT2D eigenvalue weighted by Crippen LogP contribution is 2.05. The van der Waals surface area contributed by atoms with Crippen LogP contribution in [-0.2, 0) is 10.0 Å². The van der Waals surface area contributed by atoms with Crippen molar-refractivity contribution >= 4 is 10.0 Å². The van der Waals surface area contributed by atoms with Gasteiger partial charge in [0.1, 0.15) is 0 Å². The maximum Gasteiger partial charge on any atom is 0.257 e. The van der Waals surface area contributed by atoms with Crippen LogP contribution in [0, 0.1) is 6.92 Å². The van der Waals surface area contributed by atoms with Crippen molar-refractivity contribution in [1.29, 1.82) is 0 Å². The zero-order valence-corrected chi connectivity index (χ0v) is 7.72. The van der Waals surface area contributed by atoms with Gasteiger partial charge in [0, 0.05) is 6.20 Å². The molecule has 66 valence electrons. The average molecular weight is 186 g/mol. The van der Waals surface area contributed by atoms with E-state index in [2.05, 4.69) is 9.71 Å². The van der Waals surface area contributed by atoms with Crippen LogP contribution >= 0.6 is 0 Å². The van der Waals surface area contributed by atoms with Gasteiger partial charge >= 0.3 is 0 Å². The first-order valence-corrected chi connectivity index (χ1v) is 4.91. The molecule has 0 amide bonds. The van der Waals surface area contributed by atoms with Crippen molar-refractivity contribution in [1.82, 2.24) is 9.71 Å². The van der Waals surface area contributed by atoms with Gasteiger partial charge in [-0.1, -0.05) is 0 Å². The number of hydrogen-bond acceptors (Lipinski definition) is 3. The second-order valence-electron chi connectivity index (χ2n) is 2.38. The molecule has 0 unspecified atom stereocenters. The lowest BCUT2D eigenvalue weighted by Crippen LogP contribution is -2.19. The minimum atomic E-state index is -3.38. The fourth-order valence-corrected chi connectivity index (χ4v) is 1.51. The molecule has 0 spiro atoms. The third-order valence-electron chi connectivity index (χ3n) is 1.43. The zero-order chi connectivity index (χ0) is 9.19. The Balaban J connectivity index is 3.21. The number of hydrogen-bond donors (Lipinski definition) is 1. The van der Waals surface area contributed by atoms with Gasteiger partial charge in [0.15, 0.2) is 5.03 Å². The highest BCUT2D eigenvalue weighted by molar-refractivity contribution is 7.89. The summed E-state index contributed by atoms with van der Waals surface area (Å²) in [5.74, 6) is 0. The summed E-state index contributed by atoms with van der Waals surface area (Å²) >= 11 is 0. The van der Waals surface area contributed by atoms with Gasteiger partial charge < -0.3 is 0 Å². The van der Waals surface area contributed by atoms with E-state index in [0.29, 0.717) is 0 Å². The van der Waals surface area contributed by atoms with Crippen LogP contribution in [0.15, 0.2) is 23.4 Å². The molecule has 1 N–H and O–H groups in total. The van der Waals surface area contributed by atoms with Gasteiger partial charge in [0.05, 0.1) is 0 Å². The second-order valence-corrected chi connectivity index (χ2v) is 4.21. The molecule has 0 aromatic carbocycles. The fraction of sp³-hybridized carbons (Fsp3) is 0.286. The Bertz CT molecular complexity index is 373. The molecule has 0 saturated heterocycles. The minimum absolute atomic E-state index is 0.0602. The Labute approximate surface area is 71.7 Å². The van der Waals surface area contributed by atoms with Crippen molar-refractivity contribution in [3.8, 4) is 0 Å². The maximum atomic E-state index is 11.2. The Morgan fingerprint density at radius 3 is 2.67 bits per heavy atom. The topological polar surface area (TPSA) is 59.1 Å². The van der Waals surface area contributed by atoms with Gasteiger partial charge in [-0.05, 0) is 31.7 Å². The maximum absolute atomic E-state index is 11.2. The molecular weight excluding hydrogens is 176 g/mol. The first-order chi connectivity index (χ1) is 5.56. The molecule has 0 fully saturated rings. The smallest absolute Gasteiger partial charge is 0.243 e. The van der Waals surface area contributed by atoms with E-state index >= 15 is 0 Å². The molecule has 12 heavy (non-hydrogen) atoms. The Kier molecular flexibility index (Phi) is 2.44. The third kappa shape index (κ3) is 1.80. The monoisotopic (exact) mass is 186 g/mol. The summed E-state index contributed by atoms with van der Waals surface area (Å²) in [6.07, 6.45) is 1.47. The summed E-state index contributed by atoms with van der Waals surface area (Å²) in [7, 11) is -2.02. The van der Waals surface area contributed by atoms with E-state index in [1.165, 1.54) is 19.3 Å². The fourth-order valence-electron chi connectivity index (χ4n) is 0.760. The van der Waals surface area contributed by atoms with Crippen molar-refractivity contribution in [2.24, 2.45) is 0 Å². The van der Waals surface area contributed by atoms with E-state index in [4.69, 9.17) is 0 Å². The van der Waals surface area contributed by atoms with E-state index in [1.807, 2.05) is 6.92 Å². The lowest BCUT2D eigenvalue weighted by atomic mass is 10.3. The SMILES string of the molecule is CNS(=O)(=O)c1cc(C)ccn1. The van der Waals surface area contributed by atoms with Gasteiger partial charge in [-0.25, -0.2) is 18.1 Å². The first-order valence-electron chi connectivity index (χ1n) is 3.42. The van der Waals surface area contributed by atoms with E-state index in [1.54, 1.807) is 6.07 Å². The number of aromatic nitrogens is 1. The van der Waals surface area contributed by atoms with Crippen molar-refractivity contribution in [2.75, 3.05) is 7.05 Å². The largest absolute Gasteiger partial charge is 0.257 e. The molecule has 0 bridgehead atoms. The zero-order valence-electron chi connectivity index (χ0n) is 6.90. The van der Waals surface area contributed by atoms with E-state index in [9.17, 15) is 8.42 Å². The summed E-state index contributed by atoms with van der Waals surface area (Å²) < 4.78 is 24.6. The molecular formula is C7H10N2O2S. The van der Waals surface area contributed by atoms with Crippen molar-refractivity contribution in [2.45, 2.75) is 11.9 Å². The van der Waals surface area contributed by atoms with Gasteiger partial charge in [-0.15, -0.1) is 0 Å². The number of rotatable bonds is 2. The first kappa shape index (κ1) is 9.15. The predicted octanol–water partition coefficient (Wildman–Crippen LogP) is 0.298. The van der Waals surface area contributed by atoms with Crippen LogP contribution in [0.2, 0.25) is 0 Å². The molecule has 1 aromatic rings. The van der Waals surface area contributed by atoms with E-state index < -0.39 is 10.0 Å². The summed E-state index contributed by atoms with van der Waals surface area (Å²) in [5.41, 5.74) is 0.874. The quantitative estimate of drug-likeness (QED) is 0.722. The van der Waals surface area contributed by atoms with Crippen LogP contribution in [0.3, 0.4) is 0 Å². The molecule has 0 radical (unpaired) electrons. The Morgan fingerprint density at radius 2 is 2.17 bits per heavy atom. The lowest BCUT2D eigenvalue weighted by molar-refractivity contribution is 0.584. The molecule has 5 heteroatoms. The number of sulfonamides is 1. The summed E-state index contributed by atoms with van der Waals surface area (Å²) in [6.45, 7) is 1.82. The van der Waals surface area contributed by atoms with Crippen molar-refractivity contribution in [3.05, 3.63) is 23.9 Å². The van der Waals surface area contributed by atoms with Crippen LogP contribution in [0.25, 0.3) is 0 Å². The van der Waals surface area contributed by atoms with Gasteiger partial charge in [0.25, 0.3) is 10.0 Å². The molecule has 0 atom stereocenters. The Morgan fingerprint density at radius 1 is 1.50 bits per heavy atom. The molecule has 1 aromatic heterocycles. The molecule has 1 rings (SSSR count). The molecule has 0 aliphatic heterocycles. The predicted molar refractivity (Wildman–Crippen MR) is 45.2 cm³/mol. The summed E-state index contributed by atoms with van der Waals surface area (Å²) in [5, 5.41) is 0.0602. The highest BCUT2D eigenvalue weighted by atomic mass is 32.2. The molecule has 4 nitrogen and oxygen atoms in total. The van der Waals surface area contributed by atoms with E-state index in [0.717, 1.165) is 5.56 Å². The van der Waals surface area contributed by atoms with E-state index in [-0.39, 0.29) is 5.03 Å². The van der Waals surface area contributed by atoms with Crippen LogP contribution in [0.1, 0.15) is 5.56 Å². The second kappa shape index (κ2) is 3.20. The normalized spacial score (nSPS) is 11.5. The summed E-state index contributed by atoms with van der Waals surface area (Å²) in [6, 6.07) is 3.26. The Hall–Kier alpha value is -0.940. The molecule has 0 saturated carbocycles. The number of nitrogens with zero attached hydrogens (tertiary/aromatic N) is 1. The lowest BCUT2D eigenvalue weighted by Gasteiger charge is -2.00. The average Bonchev–Trinajstić information content (AvgIpc) is 2.05. The molecule has 0 aliphatic rings. The standard InChI is InChI=1S/C7H10N2O2S/c1-6-3-4-9-7(5-6)12(10,11)8-2/h3-5,8H,1-2H3. The minimum Gasteiger partial charge on any atom is -0.243 e. The van der Waals surface area contributed by atoms with Crippen LogP contribution < -0.4 is 4.72 Å². The number of nitrogens with one attached hydrogen (secondary N) is 1. The van der Waals surface area contributed by atoms with Gasteiger partial charge in [-0.3, -0.25) is 0 Å². The van der Waals surface area contributed by atoms with Crippen LogP contribution in [0.4, 0.5) is 0 Å². The number of aryl methyl sites for hydroxylation is 1. The van der Waals surface area contributed by atoms with Crippen LogP contribution in [0.5, 0.6) is 0 Å². The third-order valence-corrected chi connectivity index (χ3v) is 2.75. The highest BCUT2D eigenvalue weighted by Gasteiger charge is 2.11. The van der Waals surface area contributed by atoms with Crippen LogP contribution in [-0.4, -0.2) is 20.4 Å². The molecule has 1 heterocycles. The van der Waals surface area contributed by atoms with Crippen molar-refractivity contribution in [3.63, 3.8) is 0 Å². The summed E-state index contributed by atoms with van der Waals surface area (Å²) in [4.78, 5) is 3.73. The van der Waals surface area contributed by atoms with Gasteiger partial charge in [-0.2, -0.15) is 0 Å². The molecule has 0 aliphatic carbocycles. The number of pyridine rings is 1.